The molecule has 0 aromatic rings. The van der Waals surface area contributed by atoms with Crippen molar-refractivity contribution in [3.63, 3.8) is 0 Å². The third-order valence-corrected chi connectivity index (χ3v) is 2.86. The van der Waals surface area contributed by atoms with Gasteiger partial charge in [0, 0.05) is 17.8 Å². The minimum Gasteiger partial charge on any atom is -0.328 e. The van der Waals surface area contributed by atoms with Gasteiger partial charge in [0.2, 0.25) is 0 Å². The van der Waals surface area contributed by atoms with Crippen molar-refractivity contribution in [1.29, 1.82) is 0 Å². The molecule has 0 spiro atoms. The lowest BCUT2D eigenvalue weighted by Gasteiger charge is -2.32. The molecule has 60 valence electrons. The Labute approximate surface area is 64.0 Å². The molecule has 1 saturated carbocycles. The van der Waals surface area contributed by atoms with Crippen molar-refractivity contribution in [2.45, 2.75) is 31.8 Å². The van der Waals surface area contributed by atoms with Crippen LogP contribution in [0.15, 0.2) is 0 Å². The van der Waals surface area contributed by atoms with Crippen LogP contribution < -0.4 is 10.5 Å². The van der Waals surface area contributed by atoms with E-state index < -0.39 is 11.0 Å². The summed E-state index contributed by atoms with van der Waals surface area (Å²) in [5.41, 5.74) is 5.55. The van der Waals surface area contributed by atoms with Crippen LogP contribution in [0.5, 0.6) is 0 Å². The summed E-state index contributed by atoms with van der Waals surface area (Å²) >= 11 is 0. The van der Waals surface area contributed by atoms with Crippen molar-refractivity contribution in [1.82, 2.24) is 4.72 Å². The molecule has 0 bridgehead atoms. The predicted molar refractivity (Wildman–Crippen MR) is 42.8 cm³/mol. The lowest BCUT2D eigenvalue weighted by molar-refractivity contribution is 0.331. The molecule has 1 aliphatic rings. The molecule has 3 nitrogen and oxygen atoms in total. The zero-order valence-corrected chi connectivity index (χ0v) is 6.99. The van der Waals surface area contributed by atoms with Crippen molar-refractivity contribution in [3.8, 4) is 0 Å². The van der Waals surface area contributed by atoms with Gasteiger partial charge in [-0.2, -0.15) is 0 Å². The van der Waals surface area contributed by atoms with Gasteiger partial charge in [0.05, 0.1) is 11.0 Å². The van der Waals surface area contributed by atoms with E-state index in [1.165, 1.54) is 0 Å². The molecule has 1 unspecified atom stereocenters. The third-order valence-electron chi connectivity index (χ3n) is 1.73. The first-order valence-corrected chi connectivity index (χ1v) is 4.94. The summed E-state index contributed by atoms with van der Waals surface area (Å²) in [5, 5.41) is 0. The van der Waals surface area contributed by atoms with Gasteiger partial charge in [0.25, 0.3) is 0 Å². The zero-order chi connectivity index (χ0) is 7.56. The Morgan fingerprint density at radius 1 is 1.70 bits per heavy atom. The highest BCUT2D eigenvalue weighted by molar-refractivity contribution is 7.82. The average molecular weight is 162 g/mol. The molecule has 10 heavy (non-hydrogen) atoms. The predicted octanol–water partition coefficient (Wildman–Crippen LogP) is -0.251. The van der Waals surface area contributed by atoms with Gasteiger partial charge in [-0.1, -0.05) is 6.92 Å². The Morgan fingerprint density at radius 2 is 2.30 bits per heavy atom. The Morgan fingerprint density at radius 3 is 2.70 bits per heavy atom. The highest BCUT2D eigenvalue weighted by Crippen LogP contribution is 2.17. The van der Waals surface area contributed by atoms with E-state index in [1.54, 1.807) is 0 Å². The summed E-state index contributed by atoms with van der Waals surface area (Å²) in [5.74, 6) is 0.686. The van der Waals surface area contributed by atoms with Crippen molar-refractivity contribution in [3.05, 3.63) is 0 Å². The van der Waals surface area contributed by atoms with E-state index in [0.717, 1.165) is 12.8 Å². The van der Waals surface area contributed by atoms with Crippen LogP contribution in [-0.4, -0.2) is 22.0 Å². The fraction of sp³-hybridized carbons (Fsp3) is 1.00. The summed E-state index contributed by atoms with van der Waals surface area (Å²) in [4.78, 5) is 0. The van der Waals surface area contributed by atoms with Crippen LogP contribution in [0.3, 0.4) is 0 Å². The van der Waals surface area contributed by atoms with Gasteiger partial charge in [-0.3, -0.25) is 0 Å². The van der Waals surface area contributed by atoms with Crippen LogP contribution >= 0.6 is 0 Å². The Balaban J connectivity index is 2.10. The summed E-state index contributed by atoms with van der Waals surface area (Å²) in [6.07, 6.45) is 1.96. The molecular formula is C6H14N2OS. The maximum atomic E-state index is 10.9. The zero-order valence-electron chi connectivity index (χ0n) is 6.17. The molecule has 1 aliphatic carbocycles. The van der Waals surface area contributed by atoms with Gasteiger partial charge in [0.1, 0.15) is 0 Å². The summed E-state index contributed by atoms with van der Waals surface area (Å²) in [7, 11) is -0.826. The first kappa shape index (κ1) is 8.17. The van der Waals surface area contributed by atoms with Crippen LogP contribution in [0.1, 0.15) is 19.8 Å². The van der Waals surface area contributed by atoms with Gasteiger partial charge in [-0.15, -0.1) is 0 Å². The number of hydrogen-bond acceptors (Lipinski definition) is 2. The largest absolute Gasteiger partial charge is 0.328 e. The maximum absolute atomic E-state index is 10.9. The van der Waals surface area contributed by atoms with Gasteiger partial charge in [0.15, 0.2) is 0 Å². The number of nitrogens with two attached hydrogens (primary N) is 1. The molecular weight excluding hydrogens is 148 g/mol. The molecule has 0 aromatic carbocycles. The van der Waals surface area contributed by atoms with Crippen LogP contribution in [0.2, 0.25) is 0 Å². The molecule has 1 atom stereocenters. The Hall–Kier alpha value is 0.0700. The summed E-state index contributed by atoms with van der Waals surface area (Å²) < 4.78 is 13.9. The van der Waals surface area contributed by atoms with Crippen molar-refractivity contribution in [2.24, 2.45) is 5.73 Å². The molecule has 3 N–H and O–H groups in total. The lowest BCUT2D eigenvalue weighted by Crippen LogP contribution is -2.49. The van der Waals surface area contributed by atoms with Gasteiger partial charge in [-0.05, 0) is 12.8 Å². The van der Waals surface area contributed by atoms with Crippen molar-refractivity contribution < 1.29 is 4.21 Å². The van der Waals surface area contributed by atoms with Crippen molar-refractivity contribution in [2.75, 3.05) is 5.75 Å². The monoisotopic (exact) mass is 162 g/mol. The fourth-order valence-electron chi connectivity index (χ4n) is 1.03. The topological polar surface area (TPSA) is 55.1 Å². The minimum atomic E-state index is -0.826. The van der Waals surface area contributed by atoms with E-state index in [0.29, 0.717) is 17.8 Å². The van der Waals surface area contributed by atoms with Gasteiger partial charge >= 0.3 is 0 Å². The average Bonchev–Trinajstić information content (AvgIpc) is 1.84. The molecule has 0 aliphatic heterocycles. The molecule has 1 rings (SSSR count). The van der Waals surface area contributed by atoms with Gasteiger partial charge in [-0.25, -0.2) is 8.93 Å². The van der Waals surface area contributed by atoms with E-state index in [-0.39, 0.29) is 0 Å². The second-order valence-corrected chi connectivity index (χ2v) is 4.18. The van der Waals surface area contributed by atoms with Gasteiger partial charge < -0.3 is 5.73 Å². The number of nitrogens with one attached hydrogen (secondary N) is 1. The first-order chi connectivity index (χ1) is 4.72. The summed E-state index contributed by atoms with van der Waals surface area (Å²) in [6.45, 7) is 1.90. The van der Waals surface area contributed by atoms with Crippen LogP contribution in [0, 0.1) is 0 Å². The number of rotatable bonds is 3. The molecule has 0 saturated heterocycles. The Kier molecular flexibility index (Phi) is 2.82. The third kappa shape index (κ3) is 2.04. The normalized spacial score (nSPS) is 35.0. The van der Waals surface area contributed by atoms with Crippen LogP contribution in [0.4, 0.5) is 0 Å². The highest BCUT2D eigenvalue weighted by Gasteiger charge is 2.26. The van der Waals surface area contributed by atoms with E-state index in [1.807, 2.05) is 6.92 Å². The molecule has 1 fully saturated rings. The minimum absolute atomic E-state index is 0.339. The quantitative estimate of drug-likeness (QED) is 0.601. The first-order valence-electron chi connectivity index (χ1n) is 3.62. The number of hydrogen-bond donors (Lipinski definition) is 2. The van der Waals surface area contributed by atoms with E-state index in [2.05, 4.69) is 4.72 Å². The van der Waals surface area contributed by atoms with Crippen LogP contribution in [-0.2, 0) is 11.0 Å². The standard InChI is InChI=1S/C6H14N2OS/c1-2-10(9)8-6-3-5(7)4-6/h5-6,8H,2-4,7H2,1H3. The fourth-order valence-corrected chi connectivity index (χ4v) is 1.76. The van der Waals surface area contributed by atoms with E-state index in [9.17, 15) is 4.21 Å². The molecule has 4 heteroatoms. The summed E-state index contributed by atoms with van der Waals surface area (Å²) in [6, 6.07) is 0.752. The molecule has 0 radical (unpaired) electrons. The molecule has 0 aromatic heterocycles. The molecule has 0 amide bonds. The maximum Gasteiger partial charge on any atom is 0.0915 e. The lowest BCUT2D eigenvalue weighted by atomic mass is 9.89. The Bertz CT molecular complexity index is 134. The molecule has 0 heterocycles. The highest BCUT2D eigenvalue weighted by atomic mass is 32.2. The van der Waals surface area contributed by atoms with E-state index >= 15 is 0 Å². The van der Waals surface area contributed by atoms with E-state index in [4.69, 9.17) is 5.73 Å². The second kappa shape index (κ2) is 3.46. The van der Waals surface area contributed by atoms with Crippen molar-refractivity contribution >= 4 is 11.0 Å². The smallest absolute Gasteiger partial charge is 0.0915 e. The van der Waals surface area contributed by atoms with Crippen LogP contribution in [0.25, 0.3) is 0 Å². The second-order valence-electron chi connectivity index (χ2n) is 2.68. The SMILES string of the molecule is CCS(=O)NC1CC(N)C1.